The summed E-state index contributed by atoms with van der Waals surface area (Å²) < 4.78 is 20.5. The van der Waals surface area contributed by atoms with Crippen LogP contribution in [0.4, 0.5) is 0 Å². The van der Waals surface area contributed by atoms with E-state index in [0.29, 0.717) is 24.9 Å². The number of rotatable bonds is 3. The van der Waals surface area contributed by atoms with E-state index in [2.05, 4.69) is 15.9 Å². The van der Waals surface area contributed by atoms with Crippen LogP contribution in [0.1, 0.15) is 6.42 Å². The van der Waals surface area contributed by atoms with E-state index in [1.165, 1.54) is 4.67 Å². The molecule has 5 nitrogen and oxygen atoms in total. The summed E-state index contributed by atoms with van der Waals surface area (Å²) in [6.45, 7) is 0.594. The highest BCUT2D eigenvalue weighted by molar-refractivity contribution is 9.10. The van der Waals surface area contributed by atoms with Crippen molar-refractivity contribution in [2.45, 2.75) is 6.42 Å². The fraction of sp³-hybridized carbons (Fsp3) is 0.364. The molecule has 0 radical (unpaired) electrons. The summed E-state index contributed by atoms with van der Waals surface area (Å²) in [6.07, 6.45) is 0.688. The zero-order chi connectivity index (χ0) is 13.2. The molecule has 1 N–H and O–H groups in total. The van der Waals surface area contributed by atoms with Gasteiger partial charge in [-0.3, -0.25) is 9.36 Å². The van der Waals surface area contributed by atoms with Crippen LogP contribution in [0.2, 0.25) is 0 Å². The van der Waals surface area contributed by atoms with Crippen molar-refractivity contribution in [1.29, 1.82) is 0 Å². The molecule has 18 heavy (non-hydrogen) atoms. The number of carbonyl (C=O) groups is 1. The van der Waals surface area contributed by atoms with Gasteiger partial charge in [-0.15, -0.1) is 0 Å². The SMILES string of the molecule is O=C(O)CN1CCCOP1(=O)c1ccc(Br)cc1. The first-order valence-corrected chi connectivity index (χ1v) is 7.87. The predicted octanol–water partition coefficient (Wildman–Crippen LogP) is 2.07. The Morgan fingerprint density at radius 3 is 2.72 bits per heavy atom. The number of hydrogen-bond acceptors (Lipinski definition) is 3. The first-order chi connectivity index (χ1) is 8.52. The molecule has 2 rings (SSSR count). The molecule has 0 bridgehead atoms. The molecule has 1 aliphatic heterocycles. The van der Waals surface area contributed by atoms with Crippen LogP contribution < -0.4 is 5.30 Å². The first kappa shape index (κ1) is 13.7. The minimum absolute atomic E-state index is 0.270. The number of carboxylic acid groups (broad SMARTS) is 1. The lowest BCUT2D eigenvalue weighted by Gasteiger charge is -2.34. The molecule has 0 aromatic heterocycles. The third-order valence-electron chi connectivity index (χ3n) is 2.67. The summed E-state index contributed by atoms with van der Waals surface area (Å²) >= 11 is 3.30. The minimum Gasteiger partial charge on any atom is -0.480 e. The quantitative estimate of drug-likeness (QED) is 0.858. The van der Waals surface area contributed by atoms with Crippen molar-refractivity contribution in [2.24, 2.45) is 0 Å². The van der Waals surface area contributed by atoms with Crippen molar-refractivity contribution in [3.05, 3.63) is 28.7 Å². The Morgan fingerprint density at radius 1 is 1.44 bits per heavy atom. The number of benzene rings is 1. The highest BCUT2D eigenvalue weighted by Gasteiger charge is 2.37. The van der Waals surface area contributed by atoms with E-state index in [1.54, 1.807) is 24.3 Å². The fourth-order valence-corrected chi connectivity index (χ4v) is 4.36. The summed E-state index contributed by atoms with van der Waals surface area (Å²) in [7, 11) is -3.22. The molecule has 0 aliphatic carbocycles. The monoisotopic (exact) mass is 333 g/mol. The van der Waals surface area contributed by atoms with Gasteiger partial charge in [0.2, 0.25) is 0 Å². The van der Waals surface area contributed by atoms with E-state index in [9.17, 15) is 9.36 Å². The van der Waals surface area contributed by atoms with Crippen molar-refractivity contribution in [3.8, 4) is 0 Å². The lowest BCUT2D eigenvalue weighted by Crippen LogP contribution is -2.36. The average molecular weight is 334 g/mol. The van der Waals surface area contributed by atoms with Crippen LogP contribution in [-0.4, -0.2) is 35.4 Å². The van der Waals surface area contributed by atoms with Crippen molar-refractivity contribution in [3.63, 3.8) is 0 Å². The summed E-state index contributed by atoms with van der Waals surface area (Å²) in [5.41, 5.74) is 0. The smallest absolute Gasteiger partial charge is 0.318 e. The number of nitrogens with zero attached hydrogens (tertiary/aromatic N) is 1. The van der Waals surface area contributed by atoms with E-state index < -0.39 is 13.5 Å². The van der Waals surface area contributed by atoms with Gasteiger partial charge in [0.05, 0.1) is 11.9 Å². The van der Waals surface area contributed by atoms with Crippen molar-refractivity contribution >= 4 is 34.7 Å². The Morgan fingerprint density at radius 2 is 2.11 bits per heavy atom. The molecule has 1 fully saturated rings. The molecule has 0 spiro atoms. The number of hydrogen-bond donors (Lipinski definition) is 1. The van der Waals surface area contributed by atoms with Crippen LogP contribution >= 0.6 is 23.4 Å². The first-order valence-electron chi connectivity index (χ1n) is 5.50. The van der Waals surface area contributed by atoms with Gasteiger partial charge in [-0.25, -0.2) is 4.67 Å². The molecule has 1 atom stereocenters. The Bertz CT molecular complexity index is 490. The van der Waals surface area contributed by atoms with Gasteiger partial charge in [0.1, 0.15) is 6.54 Å². The normalized spacial score (nSPS) is 24.9. The largest absolute Gasteiger partial charge is 0.480 e. The van der Waals surface area contributed by atoms with Crippen LogP contribution in [0, 0.1) is 0 Å². The standard InChI is InChI=1S/C11H13BrNO4P/c12-9-2-4-10(5-3-9)18(16)13(8-11(14)15)6-1-7-17-18/h2-5H,1,6-8H2,(H,14,15). The van der Waals surface area contributed by atoms with Crippen molar-refractivity contribution in [1.82, 2.24) is 4.67 Å². The molecule has 0 amide bonds. The summed E-state index contributed by atoms with van der Waals surface area (Å²) in [5, 5.41) is 9.40. The summed E-state index contributed by atoms with van der Waals surface area (Å²) in [4.78, 5) is 10.8. The lowest BCUT2D eigenvalue weighted by molar-refractivity contribution is -0.137. The van der Waals surface area contributed by atoms with Crippen LogP contribution in [0.3, 0.4) is 0 Å². The molecule has 7 heteroatoms. The highest BCUT2D eigenvalue weighted by atomic mass is 79.9. The van der Waals surface area contributed by atoms with Gasteiger partial charge < -0.3 is 9.63 Å². The predicted molar refractivity (Wildman–Crippen MR) is 71.2 cm³/mol. The third-order valence-corrected chi connectivity index (χ3v) is 5.77. The molecule has 1 aromatic rings. The Kier molecular flexibility index (Phi) is 4.22. The van der Waals surface area contributed by atoms with Crippen molar-refractivity contribution in [2.75, 3.05) is 19.7 Å². The molecule has 1 heterocycles. The molecular formula is C11H13BrNO4P. The van der Waals surface area contributed by atoms with Crippen LogP contribution in [0.5, 0.6) is 0 Å². The third kappa shape index (κ3) is 2.83. The lowest BCUT2D eigenvalue weighted by atomic mass is 10.4. The van der Waals surface area contributed by atoms with E-state index in [0.717, 1.165) is 4.47 Å². The zero-order valence-corrected chi connectivity index (χ0v) is 12.1. The topological polar surface area (TPSA) is 66.8 Å². The Balaban J connectivity index is 2.32. The molecule has 1 aromatic carbocycles. The van der Waals surface area contributed by atoms with E-state index in [4.69, 9.17) is 9.63 Å². The zero-order valence-electron chi connectivity index (χ0n) is 9.58. The number of halogens is 1. The van der Waals surface area contributed by atoms with Crippen LogP contribution in [0.25, 0.3) is 0 Å². The van der Waals surface area contributed by atoms with Gasteiger partial charge in [0.15, 0.2) is 0 Å². The van der Waals surface area contributed by atoms with Gasteiger partial charge in [-0.2, -0.15) is 0 Å². The second kappa shape index (κ2) is 5.53. The number of carboxylic acids is 1. The molecule has 0 saturated carbocycles. The molecule has 98 valence electrons. The maximum absolute atomic E-state index is 12.8. The summed E-state index contributed by atoms with van der Waals surface area (Å²) in [6, 6.07) is 6.94. The highest BCUT2D eigenvalue weighted by Crippen LogP contribution is 2.51. The minimum atomic E-state index is -3.22. The van der Waals surface area contributed by atoms with E-state index >= 15 is 0 Å². The average Bonchev–Trinajstić information content (AvgIpc) is 2.32. The molecular weight excluding hydrogens is 321 g/mol. The molecule has 1 saturated heterocycles. The van der Waals surface area contributed by atoms with Gasteiger partial charge in [-0.1, -0.05) is 15.9 Å². The van der Waals surface area contributed by atoms with E-state index in [-0.39, 0.29) is 6.54 Å². The second-order valence-electron chi connectivity index (χ2n) is 3.97. The van der Waals surface area contributed by atoms with Gasteiger partial charge in [0, 0.05) is 11.0 Å². The van der Waals surface area contributed by atoms with Gasteiger partial charge >= 0.3 is 13.5 Å². The van der Waals surface area contributed by atoms with Gasteiger partial charge in [-0.05, 0) is 30.7 Å². The number of aliphatic carboxylic acids is 1. The van der Waals surface area contributed by atoms with Crippen molar-refractivity contribution < 1.29 is 19.0 Å². The van der Waals surface area contributed by atoms with Crippen LogP contribution in [-0.2, 0) is 13.9 Å². The second-order valence-corrected chi connectivity index (χ2v) is 7.26. The Hall–Kier alpha value is -0.680. The molecule has 1 aliphatic rings. The maximum atomic E-state index is 12.8. The maximum Gasteiger partial charge on any atom is 0.318 e. The van der Waals surface area contributed by atoms with E-state index in [1.807, 2.05) is 0 Å². The summed E-state index contributed by atoms with van der Waals surface area (Å²) in [5.74, 6) is -1.00. The fourth-order valence-electron chi connectivity index (χ4n) is 1.84. The molecule has 1 unspecified atom stereocenters. The van der Waals surface area contributed by atoms with Gasteiger partial charge in [0.25, 0.3) is 0 Å². The van der Waals surface area contributed by atoms with Crippen LogP contribution in [0.15, 0.2) is 28.7 Å². The Labute approximate surface area is 113 Å².